The molecule has 3 aromatic rings. The summed E-state index contributed by atoms with van der Waals surface area (Å²) in [6, 6.07) is 4.21. The average molecular weight is 222 g/mol. The maximum Gasteiger partial charge on any atom is 0.239 e. The van der Waals surface area contributed by atoms with E-state index in [0.29, 0.717) is 0 Å². The van der Waals surface area contributed by atoms with Crippen molar-refractivity contribution in [3.63, 3.8) is 0 Å². The molecule has 0 unspecified atom stereocenters. The van der Waals surface area contributed by atoms with Crippen molar-refractivity contribution in [1.82, 2.24) is 15.2 Å². The molecule has 3 rings (SSSR count). The first kappa shape index (κ1) is 7.95. The van der Waals surface area contributed by atoms with E-state index in [1.165, 1.54) is 9.40 Å². The molecule has 0 radical (unpaired) electrons. The molecule has 4 nitrogen and oxygen atoms in total. The summed E-state index contributed by atoms with van der Waals surface area (Å²) in [6.45, 7) is 0. The minimum atomic E-state index is 0.289. The molecular formula is C8H6N4S2. The number of nitrogens with one attached hydrogen (secondary N) is 1. The van der Waals surface area contributed by atoms with Crippen LogP contribution in [0.4, 0.5) is 5.95 Å². The lowest BCUT2D eigenvalue weighted by atomic mass is 10.4. The second kappa shape index (κ2) is 2.79. The van der Waals surface area contributed by atoms with Gasteiger partial charge in [-0.05, 0) is 17.5 Å². The molecule has 70 valence electrons. The molecule has 0 fully saturated rings. The number of hydrogen-bond acceptors (Lipinski definition) is 5. The van der Waals surface area contributed by atoms with Gasteiger partial charge < -0.3 is 5.73 Å². The highest BCUT2D eigenvalue weighted by molar-refractivity contribution is 7.28. The number of nitrogens with zero attached hydrogens (tertiary/aromatic N) is 2. The van der Waals surface area contributed by atoms with Crippen LogP contribution in [0.1, 0.15) is 0 Å². The molecule has 0 amide bonds. The van der Waals surface area contributed by atoms with Gasteiger partial charge in [-0.3, -0.25) is 5.10 Å². The molecule has 6 heteroatoms. The number of anilines is 1. The number of H-pyrrole nitrogens is 1. The Labute approximate surface area is 87.4 Å². The summed E-state index contributed by atoms with van der Waals surface area (Å²) in [7, 11) is 0. The van der Waals surface area contributed by atoms with Gasteiger partial charge in [0.2, 0.25) is 5.95 Å². The zero-order chi connectivity index (χ0) is 9.54. The quantitative estimate of drug-likeness (QED) is 0.664. The number of aromatic nitrogens is 3. The van der Waals surface area contributed by atoms with E-state index in [9.17, 15) is 0 Å². The first-order chi connectivity index (χ1) is 6.83. The Bertz CT molecular complexity index is 548. The van der Waals surface area contributed by atoms with Gasteiger partial charge in [-0.25, -0.2) is 0 Å². The third-order valence-corrected chi connectivity index (χ3v) is 3.98. The van der Waals surface area contributed by atoms with E-state index in [1.807, 2.05) is 0 Å². The monoisotopic (exact) mass is 222 g/mol. The van der Waals surface area contributed by atoms with Gasteiger partial charge in [-0.15, -0.1) is 27.8 Å². The van der Waals surface area contributed by atoms with Gasteiger partial charge in [0.15, 0.2) is 5.82 Å². The summed E-state index contributed by atoms with van der Waals surface area (Å²) in [6.07, 6.45) is 0. The van der Waals surface area contributed by atoms with Gasteiger partial charge in [0.25, 0.3) is 0 Å². The number of thiophene rings is 2. The summed E-state index contributed by atoms with van der Waals surface area (Å²) in [4.78, 5) is 5.16. The van der Waals surface area contributed by atoms with Crippen LogP contribution in [-0.4, -0.2) is 15.2 Å². The first-order valence-electron chi connectivity index (χ1n) is 3.98. The van der Waals surface area contributed by atoms with Crippen LogP contribution < -0.4 is 5.73 Å². The lowest BCUT2D eigenvalue weighted by Crippen LogP contribution is -1.84. The van der Waals surface area contributed by atoms with E-state index in [0.717, 1.165) is 10.7 Å². The summed E-state index contributed by atoms with van der Waals surface area (Å²) in [5.74, 6) is 1.03. The molecule has 3 N–H and O–H groups in total. The molecule has 0 atom stereocenters. The van der Waals surface area contributed by atoms with Crippen LogP contribution in [0, 0.1) is 0 Å². The molecule has 3 heterocycles. The van der Waals surface area contributed by atoms with Crippen molar-refractivity contribution in [1.29, 1.82) is 0 Å². The van der Waals surface area contributed by atoms with E-state index >= 15 is 0 Å². The summed E-state index contributed by atoms with van der Waals surface area (Å²) >= 11 is 3.42. The number of nitrogen functional groups attached to an aromatic ring is 1. The second-order valence-electron chi connectivity index (χ2n) is 2.80. The fourth-order valence-corrected chi connectivity index (χ4v) is 3.32. The molecule has 14 heavy (non-hydrogen) atoms. The molecule has 0 aliphatic rings. The standard InChI is InChI=1S/C8H6N4S2/c9-8-10-7(11-12-8)6-3-5-4(14-6)1-2-13-5/h1-3H,(H3,9,10,11,12). The minimum Gasteiger partial charge on any atom is -0.366 e. The van der Waals surface area contributed by atoms with E-state index in [2.05, 4.69) is 32.7 Å². The fraction of sp³-hybridized carbons (Fsp3) is 0. The third kappa shape index (κ3) is 1.11. The van der Waals surface area contributed by atoms with Gasteiger partial charge >= 0.3 is 0 Å². The van der Waals surface area contributed by atoms with Crippen LogP contribution in [0.5, 0.6) is 0 Å². The topological polar surface area (TPSA) is 67.6 Å². The normalized spacial score (nSPS) is 11.1. The summed E-state index contributed by atoms with van der Waals surface area (Å²) < 4.78 is 2.56. The molecule has 3 aromatic heterocycles. The lowest BCUT2D eigenvalue weighted by molar-refractivity contribution is 1.11. The molecule has 0 aliphatic heterocycles. The molecule has 0 spiro atoms. The molecule has 0 bridgehead atoms. The molecule has 0 aromatic carbocycles. The highest BCUT2D eigenvalue weighted by Gasteiger charge is 2.08. The molecular weight excluding hydrogens is 216 g/mol. The second-order valence-corrected chi connectivity index (χ2v) is 4.83. The van der Waals surface area contributed by atoms with Gasteiger partial charge in [-0.2, -0.15) is 4.98 Å². The van der Waals surface area contributed by atoms with Crippen molar-refractivity contribution in [3.8, 4) is 10.7 Å². The SMILES string of the molecule is Nc1n[nH]c(-c2cc3sccc3s2)n1. The smallest absolute Gasteiger partial charge is 0.239 e. The zero-order valence-electron chi connectivity index (χ0n) is 7.02. The highest BCUT2D eigenvalue weighted by atomic mass is 32.1. The average Bonchev–Trinajstić information content (AvgIpc) is 2.75. The van der Waals surface area contributed by atoms with Crippen molar-refractivity contribution in [3.05, 3.63) is 17.5 Å². The van der Waals surface area contributed by atoms with Crippen molar-refractivity contribution in [2.45, 2.75) is 0 Å². The number of hydrogen-bond donors (Lipinski definition) is 2. The Morgan fingerprint density at radius 2 is 2.29 bits per heavy atom. The van der Waals surface area contributed by atoms with E-state index in [4.69, 9.17) is 5.73 Å². The first-order valence-corrected chi connectivity index (χ1v) is 5.68. The molecule has 0 saturated heterocycles. The zero-order valence-corrected chi connectivity index (χ0v) is 8.65. The Morgan fingerprint density at radius 3 is 3.00 bits per heavy atom. The number of fused-ring (bicyclic) bond motifs is 1. The Kier molecular flexibility index (Phi) is 1.59. The van der Waals surface area contributed by atoms with Crippen LogP contribution in [0.3, 0.4) is 0 Å². The van der Waals surface area contributed by atoms with Gasteiger partial charge in [0, 0.05) is 9.40 Å². The molecule has 0 aliphatic carbocycles. The van der Waals surface area contributed by atoms with Crippen LogP contribution in [-0.2, 0) is 0 Å². The maximum atomic E-state index is 5.44. The number of aromatic amines is 1. The van der Waals surface area contributed by atoms with Crippen molar-refractivity contribution >= 4 is 38.0 Å². The van der Waals surface area contributed by atoms with Crippen LogP contribution in [0.15, 0.2) is 17.5 Å². The largest absolute Gasteiger partial charge is 0.366 e. The number of nitrogens with two attached hydrogens (primary N) is 1. The van der Waals surface area contributed by atoms with Crippen LogP contribution in [0.25, 0.3) is 20.1 Å². The van der Waals surface area contributed by atoms with Crippen molar-refractivity contribution in [2.75, 3.05) is 5.73 Å². The van der Waals surface area contributed by atoms with Crippen molar-refractivity contribution in [2.24, 2.45) is 0 Å². The van der Waals surface area contributed by atoms with Gasteiger partial charge in [0.05, 0.1) is 4.88 Å². The Hall–Kier alpha value is -1.40. The predicted molar refractivity (Wildman–Crippen MR) is 59.5 cm³/mol. The Morgan fingerprint density at radius 1 is 1.36 bits per heavy atom. The van der Waals surface area contributed by atoms with Crippen LogP contribution >= 0.6 is 22.7 Å². The predicted octanol–water partition coefficient (Wildman–Crippen LogP) is 2.33. The maximum absolute atomic E-state index is 5.44. The van der Waals surface area contributed by atoms with E-state index in [1.54, 1.807) is 22.7 Å². The summed E-state index contributed by atoms with van der Waals surface area (Å²) in [5, 5.41) is 8.68. The van der Waals surface area contributed by atoms with Crippen LogP contribution in [0.2, 0.25) is 0 Å². The Balaban J connectivity index is 2.18. The minimum absolute atomic E-state index is 0.289. The van der Waals surface area contributed by atoms with E-state index in [-0.39, 0.29) is 5.95 Å². The van der Waals surface area contributed by atoms with Gasteiger partial charge in [-0.1, -0.05) is 0 Å². The summed E-state index contributed by atoms with van der Waals surface area (Å²) in [5.41, 5.74) is 5.44. The van der Waals surface area contributed by atoms with Crippen molar-refractivity contribution < 1.29 is 0 Å². The highest BCUT2D eigenvalue weighted by Crippen LogP contribution is 2.34. The molecule has 0 saturated carbocycles. The lowest BCUT2D eigenvalue weighted by Gasteiger charge is -1.84. The van der Waals surface area contributed by atoms with E-state index < -0.39 is 0 Å². The number of rotatable bonds is 1. The third-order valence-electron chi connectivity index (χ3n) is 1.88. The fourth-order valence-electron chi connectivity index (χ4n) is 1.27. The van der Waals surface area contributed by atoms with Gasteiger partial charge in [0.1, 0.15) is 0 Å².